The Morgan fingerprint density at radius 1 is 0.868 bits per heavy atom. The summed E-state index contributed by atoms with van der Waals surface area (Å²) in [4.78, 5) is 14.7. The van der Waals surface area contributed by atoms with Crippen molar-refractivity contribution in [1.82, 2.24) is 4.90 Å². The topological polar surface area (TPSA) is 38.8 Å². The van der Waals surface area contributed by atoms with Crippen LogP contribution < -0.4 is 0 Å². The van der Waals surface area contributed by atoms with Crippen LogP contribution in [0.4, 0.5) is 30.7 Å². The number of ether oxygens (including phenoxy) is 2. The van der Waals surface area contributed by atoms with Crippen LogP contribution in [0.3, 0.4) is 0 Å². The van der Waals surface area contributed by atoms with Crippen LogP contribution in [0.25, 0.3) is 0 Å². The maximum Gasteiger partial charge on any atom is 0.416 e. The van der Waals surface area contributed by atoms with E-state index in [4.69, 9.17) is 9.47 Å². The fourth-order valence-corrected chi connectivity index (χ4v) is 4.27. The SMILES string of the molecule is O=C(Cc1cc(C(F)(F)F)cc(C(F)(F)F)c1)O[C@H]1OCCN(Cc2ccccc2)[C@H]1c1ccc(F)cc1. The molecule has 4 nitrogen and oxygen atoms in total. The van der Waals surface area contributed by atoms with E-state index in [0.717, 1.165) is 5.56 Å². The van der Waals surface area contributed by atoms with Crippen LogP contribution in [0, 0.1) is 5.82 Å². The molecule has 3 aromatic carbocycles. The van der Waals surface area contributed by atoms with Gasteiger partial charge in [-0.15, -0.1) is 0 Å². The van der Waals surface area contributed by atoms with Crippen molar-refractivity contribution in [2.24, 2.45) is 0 Å². The number of carbonyl (C=O) groups excluding carboxylic acids is 1. The fraction of sp³-hybridized carbons (Fsp3) is 0.296. The highest BCUT2D eigenvalue weighted by atomic mass is 19.4. The molecule has 1 saturated heterocycles. The Kier molecular flexibility index (Phi) is 8.08. The van der Waals surface area contributed by atoms with Crippen molar-refractivity contribution >= 4 is 5.97 Å². The van der Waals surface area contributed by atoms with Gasteiger partial charge < -0.3 is 9.47 Å². The van der Waals surface area contributed by atoms with Gasteiger partial charge in [0.15, 0.2) is 0 Å². The highest BCUT2D eigenvalue weighted by Gasteiger charge is 2.39. The number of halogens is 7. The second-order valence-electron chi connectivity index (χ2n) is 8.77. The minimum atomic E-state index is -5.04. The number of hydrogen-bond donors (Lipinski definition) is 0. The fourth-order valence-electron chi connectivity index (χ4n) is 4.27. The number of rotatable bonds is 6. The first kappa shape index (κ1) is 27.6. The molecule has 4 rings (SSSR count). The largest absolute Gasteiger partial charge is 0.433 e. The number of benzene rings is 3. The first-order valence-electron chi connectivity index (χ1n) is 11.5. The molecular weight excluding hydrogens is 519 g/mol. The normalized spacial score (nSPS) is 18.8. The molecule has 0 aromatic heterocycles. The number of carbonyl (C=O) groups is 1. The van der Waals surface area contributed by atoms with Gasteiger partial charge in [0.05, 0.1) is 30.2 Å². The van der Waals surface area contributed by atoms with Gasteiger partial charge in [0.1, 0.15) is 5.82 Å². The molecule has 0 spiro atoms. The van der Waals surface area contributed by atoms with Gasteiger partial charge in [0.25, 0.3) is 0 Å². The molecule has 1 aliphatic rings. The summed E-state index contributed by atoms with van der Waals surface area (Å²) in [7, 11) is 0. The van der Waals surface area contributed by atoms with Crippen molar-refractivity contribution in [2.45, 2.75) is 37.7 Å². The standard InChI is InChI=1S/C27H22F7NO3/c28-22-8-6-19(7-9-22)24-25(37-11-10-35(24)16-17-4-2-1-3-5-17)38-23(36)14-18-12-20(26(29,30)31)15-21(13-18)27(32,33)34/h1-9,12-13,15,24-25H,10-11,14,16H2/t24-,25+/m0/s1. The summed E-state index contributed by atoms with van der Waals surface area (Å²) in [5.74, 6) is -1.56. The molecule has 38 heavy (non-hydrogen) atoms. The Labute approximate surface area is 213 Å². The maximum absolute atomic E-state index is 13.6. The van der Waals surface area contributed by atoms with Gasteiger partial charge >= 0.3 is 18.3 Å². The zero-order chi connectivity index (χ0) is 27.5. The van der Waals surface area contributed by atoms with Crippen LogP contribution in [0.2, 0.25) is 0 Å². The van der Waals surface area contributed by atoms with E-state index >= 15 is 0 Å². The van der Waals surface area contributed by atoms with Crippen LogP contribution >= 0.6 is 0 Å². The van der Waals surface area contributed by atoms with E-state index < -0.39 is 59.6 Å². The summed E-state index contributed by atoms with van der Waals surface area (Å²) < 4.78 is 104. The van der Waals surface area contributed by atoms with Crippen molar-refractivity contribution in [1.29, 1.82) is 0 Å². The average Bonchev–Trinajstić information content (AvgIpc) is 2.84. The van der Waals surface area contributed by atoms with Crippen molar-refractivity contribution in [3.63, 3.8) is 0 Å². The van der Waals surface area contributed by atoms with E-state index in [1.807, 2.05) is 35.2 Å². The number of morpholine rings is 1. The van der Waals surface area contributed by atoms with E-state index in [2.05, 4.69) is 0 Å². The number of alkyl halides is 6. The summed E-state index contributed by atoms with van der Waals surface area (Å²) in [5.41, 5.74) is -2.06. The van der Waals surface area contributed by atoms with Gasteiger partial charge in [-0.2, -0.15) is 26.3 Å². The monoisotopic (exact) mass is 541 g/mol. The lowest BCUT2D eigenvalue weighted by Gasteiger charge is -2.40. The minimum absolute atomic E-state index is 0.00883. The van der Waals surface area contributed by atoms with Crippen molar-refractivity contribution in [3.8, 4) is 0 Å². The van der Waals surface area contributed by atoms with Crippen molar-refractivity contribution in [2.75, 3.05) is 13.2 Å². The second-order valence-corrected chi connectivity index (χ2v) is 8.77. The molecule has 0 unspecified atom stereocenters. The molecule has 11 heteroatoms. The number of nitrogens with zero attached hydrogens (tertiary/aromatic N) is 1. The third-order valence-electron chi connectivity index (χ3n) is 6.00. The molecule has 202 valence electrons. The van der Waals surface area contributed by atoms with Crippen LogP contribution in [0.15, 0.2) is 72.8 Å². The highest BCUT2D eigenvalue weighted by molar-refractivity contribution is 5.73. The maximum atomic E-state index is 13.6. The lowest BCUT2D eigenvalue weighted by atomic mass is 10.0. The molecule has 0 saturated carbocycles. The van der Waals surface area contributed by atoms with E-state index in [1.54, 1.807) is 0 Å². The molecule has 0 bridgehead atoms. The molecular formula is C27H22F7NO3. The molecule has 0 aliphatic carbocycles. The number of esters is 1. The molecule has 1 fully saturated rings. The highest BCUT2D eigenvalue weighted by Crippen LogP contribution is 2.37. The average molecular weight is 541 g/mol. The van der Waals surface area contributed by atoms with Gasteiger partial charge in [-0.3, -0.25) is 9.69 Å². The lowest BCUT2D eigenvalue weighted by molar-refractivity contribution is -0.214. The van der Waals surface area contributed by atoms with Crippen molar-refractivity contribution in [3.05, 3.63) is 106 Å². The molecule has 0 amide bonds. The summed E-state index contributed by atoms with van der Waals surface area (Å²) in [5, 5.41) is 0. The third kappa shape index (κ3) is 6.90. The van der Waals surface area contributed by atoms with Gasteiger partial charge in [-0.05, 0) is 47.0 Å². The molecule has 0 N–H and O–H groups in total. The Bertz CT molecular complexity index is 1210. The lowest BCUT2D eigenvalue weighted by Crippen LogP contribution is -2.46. The van der Waals surface area contributed by atoms with E-state index in [-0.39, 0.29) is 12.7 Å². The van der Waals surface area contributed by atoms with Crippen LogP contribution in [0.1, 0.15) is 33.9 Å². The summed E-state index contributed by atoms with van der Waals surface area (Å²) in [6.07, 6.45) is -12.2. The van der Waals surface area contributed by atoms with Gasteiger partial charge in [-0.25, -0.2) is 4.39 Å². The van der Waals surface area contributed by atoms with Gasteiger partial charge in [0, 0.05) is 13.1 Å². The summed E-state index contributed by atoms with van der Waals surface area (Å²) in [6, 6.07) is 15.0. The quantitative estimate of drug-likeness (QED) is 0.262. The first-order valence-corrected chi connectivity index (χ1v) is 11.5. The zero-order valence-electron chi connectivity index (χ0n) is 19.7. The Morgan fingerprint density at radius 3 is 2.05 bits per heavy atom. The Hall–Kier alpha value is -3.44. The van der Waals surface area contributed by atoms with Gasteiger partial charge in [0.2, 0.25) is 6.29 Å². The third-order valence-corrected chi connectivity index (χ3v) is 6.00. The van der Waals surface area contributed by atoms with Crippen LogP contribution in [-0.2, 0) is 39.6 Å². The smallest absolute Gasteiger partial charge is 0.416 e. The minimum Gasteiger partial charge on any atom is -0.433 e. The van der Waals surface area contributed by atoms with Crippen LogP contribution in [0.5, 0.6) is 0 Å². The summed E-state index contributed by atoms with van der Waals surface area (Å²) in [6.45, 7) is 0.987. The van der Waals surface area contributed by atoms with E-state index in [0.29, 0.717) is 30.8 Å². The van der Waals surface area contributed by atoms with E-state index in [1.165, 1.54) is 24.3 Å². The van der Waals surface area contributed by atoms with Crippen molar-refractivity contribution < 1.29 is 45.0 Å². The molecule has 1 heterocycles. The van der Waals surface area contributed by atoms with Gasteiger partial charge in [-0.1, -0.05) is 42.5 Å². The number of hydrogen-bond acceptors (Lipinski definition) is 4. The Balaban J connectivity index is 1.58. The summed E-state index contributed by atoms with van der Waals surface area (Å²) >= 11 is 0. The Morgan fingerprint density at radius 2 is 1.47 bits per heavy atom. The van der Waals surface area contributed by atoms with Crippen LogP contribution in [-0.4, -0.2) is 30.3 Å². The predicted molar refractivity (Wildman–Crippen MR) is 122 cm³/mol. The first-order chi connectivity index (χ1) is 17.9. The zero-order valence-corrected chi connectivity index (χ0v) is 19.7. The second kappa shape index (κ2) is 11.1. The molecule has 2 atom stereocenters. The molecule has 3 aromatic rings. The van der Waals surface area contributed by atoms with E-state index in [9.17, 15) is 35.5 Å². The molecule has 0 radical (unpaired) electrons. The molecule has 1 aliphatic heterocycles. The predicted octanol–water partition coefficient (Wildman–Crippen LogP) is 6.55.